The molecular formula is C12H18BrClN2OS. The molecule has 0 spiro atoms. The highest BCUT2D eigenvalue weighted by molar-refractivity contribution is 9.10. The zero-order chi connectivity index (χ0) is 12.1. The Morgan fingerprint density at radius 2 is 2.28 bits per heavy atom. The van der Waals surface area contributed by atoms with Gasteiger partial charge in [0.05, 0.1) is 0 Å². The molecule has 0 radical (unpaired) electrons. The summed E-state index contributed by atoms with van der Waals surface area (Å²) in [7, 11) is 0. The van der Waals surface area contributed by atoms with Crippen LogP contribution in [0.25, 0.3) is 0 Å². The van der Waals surface area contributed by atoms with Gasteiger partial charge in [-0.15, -0.1) is 23.7 Å². The maximum Gasteiger partial charge on any atom is 0.222 e. The van der Waals surface area contributed by atoms with Gasteiger partial charge in [-0.3, -0.25) is 4.79 Å². The summed E-state index contributed by atoms with van der Waals surface area (Å²) in [6, 6.07) is 2.10. The van der Waals surface area contributed by atoms with Gasteiger partial charge in [-0.25, -0.2) is 0 Å². The van der Waals surface area contributed by atoms with Crippen LogP contribution in [-0.4, -0.2) is 37.0 Å². The SMILES string of the molecule is Cl.O=C(CCc1cc(Br)cs1)N1CCCNCC1. The summed E-state index contributed by atoms with van der Waals surface area (Å²) >= 11 is 5.15. The molecule has 18 heavy (non-hydrogen) atoms. The molecule has 1 N–H and O–H groups in total. The predicted molar refractivity (Wildman–Crippen MR) is 81.7 cm³/mol. The molecule has 1 amide bonds. The Balaban J connectivity index is 0.00000162. The number of amides is 1. The fraction of sp³-hybridized carbons (Fsp3) is 0.583. The van der Waals surface area contributed by atoms with Crippen molar-refractivity contribution in [2.24, 2.45) is 0 Å². The van der Waals surface area contributed by atoms with Crippen LogP contribution in [0.15, 0.2) is 15.9 Å². The Kier molecular flexibility index (Phi) is 7.22. The van der Waals surface area contributed by atoms with Crippen molar-refractivity contribution in [2.45, 2.75) is 19.3 Å². The molecule has 102 valence electrons. The molecule has 0 unspecified atom stereocenters. The first-order chi connectivity index (χ1) is 8.25. The minimum Gasteiger partial charge on any atom is -0.341 e. The first kappa shape index (κ1) is 16.0. The third-order valence-corrected chi connectivity index (χ3v) is 4.66. The molecule has 1 aliphatic rings. The highest BCUT2D eigenvalue weighted by atomic mass is 79.9. The molecule has 2 rings (SSSR count). The molecule has 1 saturated heterocycles. The first-order valence-electron chi connectivity index (χ1n) is 5.97. The Bertz CT molecular complexity index is 378. The van der Waals surface area contributed by atoms with Gasteiger partial charge in [-0.1, -0.05) is 0 Å². The van der Waals surface area contributed by atoms with Crippen LogP contribution >= 0.6 is 39.7 Å². The standard InChI is InChI=1S/C12H17BrN2OS.ClH/c13-10-8-11(17-9-10)2-3-12(16)15-6-1-4-14-5-7-15;/h8-9,14H,1-7H2;1H. The molecule has 1 aromatic rings. The van der Waals surface area contributed by atoms with E-state index < -0.39 is 0 Å². The van der Waals surface area contributed by atoms with Crippen LogP contribution in [0.5, 0.6) is 0 Å². The number of carbonyl (C=O) groups is 1. The van der Waals surface area contributed by atoms with Crippen molar-refractivity contribution in [1.82, 2.24) is 10.2 Å². The van der Waals surface area contributed by atoms with Crippen molar-refractivity contribution in [3.8, 4) is 0 Å². The third kappa shape index (κ3) is 4.88. The number of carbonyl (C=O) groups excluding carboxylic acids is 1. The summed E-state index contributed by atoms with van der Waals surface area (Å²) in [4.78, 5) is 15.3. The van der Waals surface area contributed by atoms with Gasteiger partial charge in [0.25, 0.3) is 0 Å². The Hall–Kier alpha value is -0.100. The summed E-state index contributed by atoms with van der Waals surface area (Å²) < 4.78 is 1.11. The van der Waals surface area contributed by atoms with E-state index in [1.807, 2.05) is 4.90 Å². The lowest BCUT2D eigenvalue weighted by atomic mass is 10.2. The minimum atomic E-state index is 0. The monoisotopic (exact) mass is 352 g/mol. The molecule has 1 aliphatic heterocycles. The highest BCUT2D eigenvalue weighted by Crippen LogP contribution is 2.21. The molecular weight excluding hydrogens is 336 g/mol. The normalized spacial score (nSPS) is 15.9. The van der Waals surface area contributed by atoms with E-state index in [4.69, 9.17) is 0 Å². The summed E-state index contributed by atoms with van der Waals surface area (Å²) in [5, 5.41) is 5.38. The summed E-state index contributed by atoms with van der Waals surface area (Å²) in [6.45, 7) is 3.71. The van der Waals surface area contributed by atoms with Crippen molar-refractivity contribution in [3.05, 3.63) is 20.8 Å². The second kappa shape index (κ2) is 8.15. The van der Waals surface area contributed by atoms with Gasteiger partial charge in [0, 0.05) is 40.8 Å². The smallest absolute Gasteiger partial charge is 0.222 e. The molecule has 1 aromatic heterocycles. The lowest BCUT2D eigenvalue weighted by Crippen LogP contribution is -2.34. The van der Waals surface area contributed by atoms with Crippen molar-refractivity contribution < 1.29 is 4.79 Å². The van der Waals surface area contributed by atoms with Crippen molar-refractivity contribution in [3.63, 3.8) is 0 Å². The fourth-order valence-corrected chi connectivity index (χ4v) is 3.42. The van der Waals surface area contributed by atoms with Crippen LogP contribution in [0.2, 0.25) is 0 Å². The van der Waals surface area contributed by atoms with Crippen LogP contribution in [0.1, 0.15) is 17.7 Å². The van der Waals surface area contributed by atoms with E-state index in [-0.39, 0.29) is 12.4 Å². The molecule has 0 bridgehead atoms. The van der Waals surface area contributed by atoms with Gasteiger partial charge in [-0.05, 0) is 41.4 Å². The number of hydrogen-bond donors (Lipinski definition) is 1. The number of hydrogen-bond acceptors (Lipinski definition) is 3. The maximum absolute atomic E-state index is 12.0. The average Bonchev–Trinajstić information content (AvgIpc) is 2.58. The van der Waals surface area contributed by atoms with Crippen LogP contribution in [0, 0.1) is 0 Å². The zero-order valence-electron chi connectivity index (χ0n) is 10.2. The molecule has 0 saturated carbocycles. The van der Waals surface area contributed by atoms with E-state index in [9.17, 15) is 4.79 Å². The van der Waals surface area contributed by atoms with E-state index >= 15 is 0 Å². The van der Waals surface area contributed by atoms with Gasteiger partial charge < -0.3 is 10.2 Å². The topological polar surface area (TPSA) is 32.3 Å². The van der Waals surface area contributed by atoms with Gasteiger partial charge in [0.1, 0.15) is 0 Å². The number of halogens is 2. The fourth-order valence-electron chi connectivity index (χ4n) is 1.97. The number of nitrogens with one attached hydrogen (secondary N) is 1. The number of aryl methyl sites for hydroxylation is 1. The van der Waals surface area contributed by atoms with Gasteiger partial charge >= 0.3 is 0 Å². The first-order valence-corrected chi connectivity index (χ1v) is 7.64. The second-order valence-electron chi connectivity index (χ2n) is 4.22. The van der Waals surface area contributed by atoms with Gasteiger partial charge in [-0.2, -0.15) is 0 Å². The Morgan fingerprint density at radius 3 is 3.00 bits per heavy atom. The van der Waals surface area contributed by atoms with Crippen LogP contribution in [0.3, 0.4) is 0 Å². The van der Waals surface area contributed by atoms with E-state index in [1.165, 1.54) is 4.88 Å². The lowest BCUT2D eigenvalue weighted by Gasteiger charge is -2.19. The molecule has 1 fully saturated rings. The van der Waals surface area contributed by atoms with E-state index in [2.05, 4.69) is 32.7 Å². The Morgan fingerprint density at radius 1 is 1.44 bits per heavy atom. The van der Waals surface area contributed by atoms with Crippen molar-refractivity contribution >= 4 is 45.6 Å². The van der Waals surface area contributed by atoms with Gasteiger partial charge in [0.2, 0.25) is 5.91 Å². The minimum absolute atomic E-state index is 0. The molecule has 0 atom stereocenters. The third-order valence-electron chi connectivity index (χ3n) is 2.90. The van der Waals surface area contributed by atoms with E-state index in [0.29, 0.717) is 12.3 Å². The molecule has 3 nitrogen and oxygen atoms in total. The highest BCUT2D eigenvalue weighted by Gasteiger charge is 2.15. The summed E-state index contributed by atoms with van der Waals surface area (Å²) in [5.74, 6) is 0.290. The summed E-state index contributed by atoms with van der Waals surface area (Å²) in [6.07, 6.45) is 2.56. The molecule has 0 aliphatic carbocycles. The van der Waals surface area contributed by atoms with E-state index in [0.717, 1.165) is 43.5 Å². The van der Waals surface area contributed by atoms with Crippen LogP contribution in [0.4, 0.5) is 0 Å². The zero-order valence-corrected chi connectivity index (χ0v) is 13.4. The maximum atomic E-state index is 12.0. The van der Waals surface area contributed by atoms with Crippen molar-refractivity contribution in [1.29, 1.82) is 0 Å². The number of nitrogens with zero attached hydrogens (tertiary/aromatic N) is 1. The second-order valence-corrected chi connectivity index (χ2v) is 6.13. The molecule has 0 aromatic carbocycles. The van der Waals surface area contributed by atoms with E-state index in [1.54, 1.807) is 11.3 Å². The number of rotatable bonds is 3. The van der Waals surface area contributed by atoms with Crippen LogP contribution < -0.4 is 5.32 Å². The van der Waals surface area contributed by atoms with Crippen LogP contribution in [-0.2, 0) is 11.2 Å². The Labute approximate surface area is 126 Å². The summed E-state index contributed by atoms with van der Waals surface area (Å²) in [5.41, 5.74) is 0. The quantitative estimate of drug-likeness (QED) is 0.906. The largest absolute Gasteiger partial charge is 0.341 e. The van der Waals surface area contributed by atoms with Gasteiger partial charge in [0.15, 0.2) is 0 Å². The predicted octanol–water partition coefficient (Wildman–Crippen LogP) is 2.69. The number of thiophene rings is 1. The average molecular weight is 354 g/mol. The van der Waals surface area contributed by atoms with Crippen molar-refractivity contribution in [2.75, 3.05) is 26.2 Å². The lowest BCUT2D eigenvalue weighted by molar-refractivity contribution is -0.130. The molecule has 2 heterocycles. The molecule has 6 heteroatoms.